The molecule has 1 aliphatic rings. The number of rotatable bonds is 3. The summed E-state index contributed by atoms with van der Waals surface area (Å²) in [7, 11) is -3.78. The second-order valence-corrected chi connectivity index (χ2v) is 7.59. The molecule has 1 aliphatic heterocycles. The van der Waals surface area contributed by atoms with Crippen LogP contribution < -0.4 is 5.14 Å². The lowest BCUT2D eigenvalue weighted by Gasteiger charge is -2.39. The summed E-state index contributed by atoms with van der Waals surface area (Å²) < 4.78 is 22.7. The van der Waals surface area contributed by atoms with E-state index in [0.717, 1.165) is 19.3 Å². The fourth-order valence-electron chi connectivity index (χ4n) is 2.59. The minimum atomic E-state index is -3.78. The first-order chi connectivity index (χ1) is 9.75. The lowest BCUT2D eigenvalue weighted by Crippen LogP contribution is -2.42. The summed E-state index contributed by atoms with van der Waals surface area (Å²) in [6, 6.07) is 5.93. The van der Waals surface area contributed by atoms with Crippen molar-refractivity contribution in [2.75, 3.05) is 13.1 Å². The molecule has 0 spiro atoms. The molecule has 0 aliphatic carbocycles. The van der Waals surface area contributed by atoms with E-state index in [1.54, 1.807) is 17.0 Å². The van der Waals surface area contributed by atoms with E-state index < -0.39 is 10.0 Å². The van der Waals surface area contributed by atoms with Crippen molar-refractivity contribution in [1.82, 2.24) is 4.90 Å². The van der Waals surface area contributed by atoms with Gasteiger partial charge < -0.3 is 4.90 Å². The highest BCUT2D eigenvalue weighted by molar-refractivity contribution is 7.89. The summed E-state index contributed by atoms with van der Waals surface area (Å²) in [5.74, 6) is -0.126. The van der Waals surface area contributed by atoms with Crippen LogP contribution in [0.5, 0.6) is 0 Å². The molecule has 1 aromatic carbocycles. The van der Waals surface area contributed by atoms with Crippen LogP contribution in [0.1, 0.15) is 43.5 Å². The van der Waals surface area contributed by atoms with Crippen LogP contribution in [0, 0.1) is 5.41 Å². The molecule has 0 atom stereocenters. The minimum Gasteiger partial charge on any atom is -0.339 e. The normalized spacial score (nSPS) is 18.5. The van der Waals surface area contributed by atoms with Gasteiger partial charge in [-0.05, 0) is 36.5 Å². The smallest absolute Gasteiger partial charge is 0.253 e. The molecule has 1 saturated heterocycles. The SMILES string of the molecule is CCC1(C)CCN(C(=O)c2cccc(S(N)(=O)=O)c2)CC1. The van der Waals surface area contributed by atoms with Gasteiger partial charge in [-0.15, -0.1) is 0 Å². The first-order valence-corrected chi connectivity index (χ1v) is 8.72. The first-order valence-electron chi connectivity index (χ1n) is 7.17. The van der Waals surface area contributed by atoms with Gasteiger partial charge in [-0.1, -0.05) is 26.3 Å². The van der Waals surface area contributed by atoms with E-state index in [-0.39, 0.29) is 10.8 Å². The second kappa shape index (κ2) is 5.77. The number of carbonyl (C=O) groups excluding carboxylic acids is 1. The van der Waals surface area contributed by atoms with E-state index in [9.17, 15) is 13.2 Å². The average molecular weight is 310 g/mol. The number of piperidine rings is 1. The number of hydrogen-bond donors (Lipinski definition) is 1. The van der Waals surface area contributed by atoms with E-state index in [1.807, 2.05) is 0 Å². The van der Waals surface area contributed by atoms with E-state index >= 15 is 0 Å². The average Bonchev–Trinajstić information content (AvgIpc) is 2.47. The van der Waals surface area contributed by atoms with Gasteiger partial charge in [-0.3, -0.25) is 4.79 Å². The Morgan fingerprint density at radius 2 is 1.95 bits per heavy atom. The summed E-state index contributed by atoms with van der Waals surface area (Å²) >= 11 is 0. The van der Waals surface area contributed by atoms with Crippen molar-refractivity contribution in [3.8, 4) is 0 Å². The molecular formula is C15H22N2O3S. The molecule has 21 heavy (non-hydrogen) atoms. The van der Waals surface area contributed by atoms with Crippen LogP contribution in [0.15, 0.2) is 29.2 Å². The molecule has 0 bridgehead atoms. The molecule has 116 valence electrons. The number of benzene rings is 1. The zero-order valence-corrected chi connectivity index (χ0v) is 13.3. The van der Waals surface area contributed by atoms with E-state index in [0.29, 0.717) is 24.1 Å². The van der Waals surface area contributed by atoms with Gasteiger partial charge in [0.25, 0.3) is 5.91 Å². The third-order valence-corrected chi connectivity index (χ3v) is 5.43. The second-order valence-electron chi connectivity index (χ2n) is 6.03. The summed E-state index contributed by atoms with van der Waals surface area (Å²) in [4.78, 5) is 14.2. The number of amides is 1. The molecule has 0 saturated carbocycles. The minimum absolute atomic E-state index is 0.0243. The van der Waals surface area contributed by atoms with Crippen molar-refractivity contribution >= 4 is 15.9 Å². The highest BCUT2D eigenvalue weighted by atomic mass is 32.2. The van der Waals surface area contributed by atoms with Gasteiger partial charge in [0.1, 0.15) is 0 Å². The Morgan fingerprint density at radius 1 is 1.33 bits per heavy atom. The van der Waals surface area contributed by atoms with Crippen molar-refractivity contribution in [3.63, 3.8) is 0 Å². The van der Waals surface area contributed by atoms with Gasteiger partial charge in [0, 0.05) is 18.7 Å². The topological polar surface area (TPSA) is 80.5 Å². The Labute approximate surface area is 126 Å². The summed E-state index contributed by atoms with van der Waals surface area (Å²) in [6.45, 7) is 5.84. The predicted octanol–water partition coefficient (Wildman–Crippen LogP) is 1.99. The van der Waals surface area contributed by atoms with Crippen LogP contribution in [-0.4, -0.2) is 32.3 Å². The fourth-order valence-corrected chi connectivity index (χ4v) is 3.15. The monoisotopic (exact) mass is 310 g/mol. The highest BCUT2D eigenvalue weighted by Gasteiger charge is 2.30. The van der Waals surface area contributed by atoms with Crippen molar-refractivity contribution < 1.29 is 13.2 Å². The molecule has 1 fully saturated rings. The number of sulfonamides is 1. The van der Waals surface area contributed by atoms with Gasteiger partial charge in [-0.2, -0.15) is 0 Å². The summed E-state index contributed by atoms with van der Waals surface area (Å²) in [5, 5.41) is 5.11. The van der Waals surface area contributed by atoms with Crippen LogP contribution in [0.3, 0.4) is 0 Å². The maximum Gasteiger partial charge on any atom is 0.253 e. The maximum atomic E-state index is 12.5. The molecule has 1 aromatic rings. The fraction of sp³-hybridized carbons (Fsp3) is 0.533. The van der Waals surface area contributed by atoms with Crippen molar-refractivity contribution in [2.45, 2.75) is 38.0 Å². The summed E-state index contributed by atoms with van der Waals surface area (Å²) in [5.41, 5.74) is 0.681. The lowest BCUT2D eigenvalue weighted by atomic mass is 9.78. The lowest BCUT2D eigenvalue weighted by molar-refractivity contribution is 0.0600. The van der Waals surface area contributed by atoms with E-state index in [2.05, 4.69) is 13.8 Å². The molecule has 1 amide bonds. The predicted molar refractivity (Wildman–Crippen MR) is 81.4 cm³/mol. The number of primary sulfonamides is 1. The molecule has 0 radical (unpaired) electrons. The zero-order chi connectivity index (χ0) is 15.7. The van der Waals surface area contributed by atoms with Gasteiger partial charge in [0.15, 0.2) is 0 Å². The molecule has 2 N–H and O–H groups in total. The van der Waals surface area contributed by atoms with Gasteiger partial charge in [0.05, 0.1) is 4.90 Å². The van der Waals surface area contributed by atoms with E-state index in [1.165, 1.54) is 12.1 Å². The molecule has 0 unspecified atom stereocenters. The number of hydrogen-bond acceptors (Lipinski definition) is 3. The Bertz CT molecular complexity index is 632. The first kappa shape index (κ1) is 16.0. The number of carbonyl (C=O) groups is 1. The third kappa shape index (κ3) is 3.63. The Kier molecular flexibility index (Phi) is 4.39. The molecule has 0 aromatic heterocycles. The highest BCUT2D eigenvalue weighted by Crippen LogP contribution is 2.34. The molecule has 6 heteroatoms. The van der Waals surface area contributed by atoms with Crippen molar-refractivity contribution in [1.29, 1.82) is 0 Å². The number of likely N-dealkylation sites (tertiary alicyclic amines) is 1. The largest absolute Gasteiger partial charge is 0.339 e. The van der Waals surface area contributed by atoms with Gasteiger partial charge in [0.2, 0.25) is 10.0 Å². The van der Waals surface area contributed by atoms with Crippen LogP contribution >= 0.6 is 0 Å². The molecule has 2 rings (SSSR count). The summed E-state index contributed by atoms with van der Waals surface area (Å²) in [6.07, 6.45) is 3.06. The number of nitrogens with two attached hydrogens (primary N) is 1. The molecular weight excluding hydrogens is 288 g/mol. The van der Waals surface area contributed by atoms with Crippen LogP contribution in [-0.2, 0) is 10.0 Å². The van der Waals surface area contributed by atoms with Crippen LogP contribution in [0.2, 0.25) is 0 Å². The van der Waals surface area contributed by atoms with Crippen molar-refractivity contribution in [2.24, 2.45) is 10.6 Å². The number of nitrogens with zero attached hydrogens (tertiary/aromatic N) is 1. The standard InChI is InChI=1S/C15H22N2O3S/c1-3-15(2)7-9-17(10-8-15)14(18)12-5-4-6-13(11-12)21(16,19)20/h4-6,11H,3,7-10H2,1-2H3,(H2,16,19,20). The van der Waals surface area contributed by atoms with Crippen molar-refractivity contribution in [3.05, 3.63) is 29.8 Å². The van der Waals surface area contributed by atoms with Crippen LogP contribution in [0.25, 0.3) is 0 Å². The Hall–Kier alpha value is -1.40. The van der Waals surface area contributed by atoms with Gasteiger partial charge >= 0.3 is 0 Å². The third-order valence-electron chi connectivity index (χ3n) is 4.52. The van der Waals surface area contributed by atoms with Gasteiger partial charge in [-0.25, -0.2) is 13.6 Å². The Morgan fingerprint density at radius 3 is 2.48 bits per heavy atom. The maximum absolute atomic E-state index is 12.5. The molecule has 1 heterocycles. The zero-order valence-electron chi connectivity index (χ0n) is 12.5. The Balaban J connectivity index is 2.15. The van der Waals surface area contributed by atoms with E-state index in [4.69, 9.17) is 5.14 Å². The molecule has 5 nitrogen and oxygen atoms in total. The quantitative estimate of drug-likeness (QED) is 0.927. The van der Waals surface area contributed by atoms with Crippen LogP contribution in [0.4, 0.5) is 0 Å².